The highest BCUT2D eigenvalue weighted by molar-refractivity contribution is 7.89. The summed E-state index contributed by atoms with van der Waals surface area (Å²) in [4.78, 5) is 0.212. The van der Waals surface area contributed by atoms with Crippen LogP contribution in [0.4, 0.5) is 4.39 Å². The van der Waals surface area contributed by atoms with Gasteiger partial charge in [-0.2, -0.15) is 4.31 Å². The van der Waals surface area contributed by atoms with Gasteiger partial charge in [0.25, 0.3) is 0 Å². The van der Waals surface area contributed by atoms with Crippen molar-refractivity contribution in [1.29, 1.82) is 0 Å². The fourth-order valence-corrected chi connectivity index (χ4v) is 6.25. The van der Waals surface area contributed by atoms with Crippen LogP contribution in [0, 0.1) is 17.7 Å². The molecule has 108 valence electrons. The van der Waals surface area contributed by atoms with Gasteiger partial charge in [0.2, 0.25) is 10.0 Å². The highest BCUT2D eigenvalue weighted by Gasteiger charge is 2.58. The third kappa shape index (κ3) is 1.61. The third-order valence-corrected chi connectivity index (χ3v) is 7.06. The molecule has 0 radical (unpaired) electrons. The Labute approximate surface area is 118 Å². The summed E-state index contributed by atoms with van der Waals surface area (Å²) < 4.78 is 40.3. The molecule has 1 aromatic carbocycles. The fourth-order valence-electron chi connectivity index (χ4n) is 4.29. The number of benzene rings is 1. The Balaban J connectivity index is 1.72. The molecule has 20 heavy (non-hydrogen) atoms. The third-order valence-electron chi connectivity index (χ3n) is 5.10. The van der Waals surface area contributed by atoms with Crippen molar-refractivity contribution < 1.29 is 12.8 Å². The second-order valence-electron chi connectivity index (χ2n) is 5.99. The summed E-state index contributed by atoms with van der Waals surface area (Å²) in [5, 5.41) is 3.37. The van der Waals surface area contributed by atoms with Crippen LogP contribution < -0.4 is 5.32 Å². The van der Waals surface area contributed by atoms with E-state index in [2.05, 4.69) is 5.32 Å². The molecule has 2 bridgehead atoms. The molecule has 0 amide bonds. The number of rotatable bonds is 2. The summed E-state index contributed by atoms with van der Waals surface area (Å²) in [7, 11) is -3.49. The van der Waals surface area contributed by atoms with Crippen LogP contribution in [0.1, 0.15) is 12.8 Å². The Morgan fingerprint density at radius 2 is 1.60 bits per heavy atom. The normalized spacial score (nSPS) is 36.5. The number of halogens is 1. The molecule has 0 spiro atoms. The van der Waals surface area contributed by atoms with Crippen LogP contribution in [0.25, 0.3) is 0 Å². The zero-order valence-corrected chi connectivity index (χ0v) is 11.8. The van der Waals surface area contributed by atoms with Gasteiger partial charge >= 0.3 is 0 Å². The van der Waals surface area contributed by atoms with E-state index in [1.54, 1.807) is 4.31 Å². The molecule has 1 N–H and O–H groups in total. The first-order chi connectivity index (χ1) is 9.59. The zero-order valence-electron chi connectivity index (χ0n) is 11.0. The van der Waals surface area contributed by atoms with Crippen molar-refractivity contribution in [2.75, 3.05) is 13.1 Å². The monoisotopic (exact) mass is 296 g/mol. The standard InChI is InChI=1S/C14H17FN2O2S/c15-9-1-3-10(4-2-9)20(18,19)17-13-5-6-14(17)12-8-16-7-11(12)13/h1-4,11-14,16H,5-8H2/t11-,12+,13-,14+. The second-order valence-corrected chi connectivity index (χ2v) is 7.83. The highest BCUT2D eigenvalue weighted by Crippen LogP contribution is 2.49. The fraction of sp³-hybridized carbons (Fsp3) is 0.571. The van der Waals surface area contributed by atoms with Gasteiger partial charge in [0.15, 0.2) is 0 Å². The number of hydrogen-bond acceptors (Lipinski definition) is 3. The Morgan fingerprint density at radius 3 is 2.15 bits per heavy atom. The number of sulfonamides is 1. The molecule has 3 aliphatic heterocycles. The lowest BCUT2D eigenvalue weighted by atomic mass is 9.82. The largest absolute Gasteiger partial charge is 0.316 e. The van der Waals surface area contributed by atoms with Crippen molar-refractivity contribution in [2.24, 2.45) is 11.8 Å². The molecule has 3 saturated heterocycles. The van der Waals surface area contributed by atoms with Gasteiger partial charge in [0.1, 0.15) is 5.82 Å². The lowest BCUT2D eigenvalue weighted by Crippen LogP contribution is -2.39. The van der Waals surface area contributed by atoms with Gasteiger partial charge in [-0.3, -0.25) is 0 Å². The van der Waals surface area contributed by atoms with Crippen LogP contribution in [0.2, 0.25) is 0 Å². The van der Waals surface area contributed by atoms with Crippen molar-refractivity contribution in [3.8, 4) is 0 Å². The van der Waals surface area contributed by atoms with Crippen LogP contribution >= 0.6 is 0 Å². The summed E-state index contributed by atoms with van der Waals surface area (Å²) in [5.41, 5.74) is 0. The van der Waals surface area contributed by atoms with E-state index in [0.717, 1.165) is 25.9 Å². The van der Waals surface area contributed by atoms with Gasteiger partial charge in [0, 0.05) is 12.1 Å². The average molecular weight is 296 g/mol. The lowest BCUT2D eigenvalue weighted by Gasteiger charge is -2.24. The number of nitrogens with zero attached hydrogens (tertiary/aromatic N) is 1. The summed E-state index contributed by atoms with van der Waals surface area (Å²) in [6.45, 7) is 1.84. The van der Waals surface area contributed by atoms with Crippen LogP contribution in [0.5, 0.6) is 0 Å². The first-order valence-corrected chi connectivity index (χ1v) is 8.53. The molecule has 3 fully saturated rings. The highest BCUT2D eigenvalue weighted by atomic mass is 32.2. The molecular formula is C14H17FN2O2S. The van der Waals surface area contributed by atoms with E-state index in [1.807, 2.05) is 0 Å². The first kappa shape index (κ1) is 12.7. The van der Waals surface area contributed by atoms with E-state index in [4.69, 9.17) is 0 Å². The predicted molar refractivity (Wildman–Crippen MR) is 72.1 cm³/mol. The van der Waals surface area contributed by atoms with Crippen molar-refractivity contribution in [3.05, 3.63) is 30.1 Å². The molecule has 0 saturated carbocycles. The maximum atomic E-state index is 13.0. The van der Waals surface area contributed by atoms with Crippen molar-refractivity contribution in [1.82, 2.24) is 9.62 Å². The van der Waals surface area contributed by atoms with Crippen LogP contribution in [0.15, 0.2) is 29.2 Å². The summed E-state index contributed by atoms with van der Waals surface area (Å²) >= 11 is 0. The van der Waals surface area contributed by atoms with Crippen LogP contribution in [-0.4, -0.2) is 37.9 Å². The summed E-state index contributed by atoms with van der Waals surface area (Å²) in [6.07, 6.45) is 1.90. The van der Waals surface area contributed by atoms with Gasteiger partial charge < -0.3 is 5.32 Å². The number of fused-ring (bicyclic) bond motifs is 5. The van der Waals surface area contributed by atoms with Gasteiger partial charge in [-0.05, 0) is 62.0 Å². The zero-order chi connectivity index (χ0) is 13.9. The Hall–Kier alpha value is -0.980. The lowest BCUT2D eigenvalue weighted by molar-refractivity contribution is 0.354. The van der Waals surface area contributed by atoms with Gasteiger partial charge in [-0.15, -0.1) is 0 Å². The van der Waals surface area contributed by atoms with E-state index in [1.165, 1.54) is 24.3 Å². The van der Waals surface area contributed by atoms with Crippen LogP contribution in [0.3, 0.4) is 0 Å². The molecule has 3 heterocycles. The summed E-state index contributed by atoms with van der Waals surface area (Å²) in [6, 6.07) is 5.41. The van der Waals surface area contributed by atoms with E-state index in [9.17, 15) is 12.8 Å². The minimum atomic E-state index is -3.49. The van der Waals surface area contributed by atoms with E-state index in [0.29, 0.717) is 11.8 Å². The quantitative estimate of drug-likeness (QED) is 0.892. The van der Waals surface area contributed by atoms with Crippen LogP contribution in [-0.2, 0) is 10.0 Å². The molecule has 4 rings (SSSR count). The number of hydrogen-bond donors (Lipinski definition) is 1. The average Bonchev–Trinajstić information content (AvgIpc) is 3.11. The molecule has 0 aliphatic carbocycles. The molecular weight excluding hydrogens is 279 g/mol. The Kier molecular flexibility index (Phi) is 2.71. The molecule has 6 heteroatoms. The van der Waals surface area contributed by atoms with E-state index in [-0.39, 0.29) is 17.0 Å². The molecule has 4 atom stereocenters. The number of nitrogens with one attached hydrogen (secondary N) is 1. The Morgan fingerprint density at radius 1 is 1.05 bits per heavy atom. The minimum Gasteiger partial charge on any atom is -0.316 e. The minimum absolute atomic E-state index is 0.120. The maximum absolute atomic E-state index is 13.0. The molecule has 0 unspecified atom stereocenters. The molecule has 1 aromatic rings. The Bertz CT molecular complexity index is 613. The van der Waals surface area contributed by atoms with Crippen molar-refractivity contribution in [2.45, 2.75) is 29.8 Å². The van der Waals surface area contributed by atoms with E-state index >= 15 is 0 Å². The first-order valence-electron chi connectivity index (χ1n) is 7.09. The molecule has 4 nitrogen and oxygen atoms in total. The van der Waals surface area contributed by atoms with Crippen molar-refractivity contribution in [3.63, 3.8) is 0 Å². The van der Waals surface area contributed by atoms with Crippen molar-refractivity contribution >= 4 is 10.0 Å². The topological polar surface area (TPSA) is 49.4 Å². The second kappa shape index (κ2) is 4.26. The van der Waals surface area contributed by atoms with E-state index < -0.39 is 15.8 Å². The van der Waals surface area contributed by atoms with Gasteiger partial charge in [0.05, 0.1) is 4.90 Å². The predicted octanol–water partition coefficient (Wildman–Crippen LogP) is 1.20. The smallest absolute Gasteiger partial charge is 0.243 e. The molecule has 0 aromatic heterocycles. The van der Waals surface area contributed by atoms with Gasteiger partial charge in [-0.1, -0.05) is 0 Å². The SMILES string of the molecule is O=S(=O)(c1ccc(F)cc1)N1[C@@H]2CC[C@H]1[C@H]1CNC[C@H]12. The maximum Gasteiger partial charge on any atom is 0.243 e. The van der Waals surface area contributed by atoms with Gasteiger partial charge in [-0.25, -0.2) is 12.8 Å². The molecule has 3 aliphatic rings. The summed E-state index contributed by atoms with van der Waals surface area (Å²) in [5.74, 6) is 0.488.